The molecule has 1 aliphatic carbocycles. The maximum absolute atomic E-state index is 12.9. The van der Waals surface area contributed by atoms with E-state index in [-0.39, 0.29) is 4.90 Å². The zero-order chi connectivity index (χ0) is 20.6. The van der Waals surface area contributed by atoms with Gasteiger partial charge in [-0.05, 0) is 56.0 Å². The Kier molecular flexibility index (Phi) is 6.11. The number of likely N-dealkylation sites (tertiary alicyclic amines) is 1. The van der Waals surface area contributed by atoms with E-state index in [1.54, 1.807) is 22.7 Å². The largest absolute Gasteiger partial charge is 0.281 e. The lowest BCUT2D eigenvalue weighted by Gasteiger charge is -2.43. The second-order valence-corrected chi connectivity index (χ2v) is 10.5. The van der Waals surface area contributed by atoms with Gasteiger partial charge in [0, 0.05) is 31.9 Å². The fraction of sp³-hybridized carbons (Fsp3) is 0.700. The fourth-order valence-corrected chi connectivity index (χ4v) is 6.73. The third-order valence-electron chi connectivity index (χ3n) is 6.57. The van der Waals surface area contributed by atoms with Crippen LogP contribution in [-0.4, -0.2) is 57.5 Å². The van der Waals surface area contributed by atoms with Crippen molar-refractivity contribution in [1.82, 2.24) is 23.4 Å². The van der Waals surface area contributed by atoms with E-state index in [9.17, 15) is 8.42 Å². The molecule has 9 heteroatoms. The van der Waals surface area contributed by atoms with E-state index >= 15 is 0 Å². The molecule has 2 aromatic heterocycles. The monoisotopic (exact) mass is 437 g/mol. The molecule has 1 aliphatic heterocycles. The predicted molar refractivity (Wildman–Crippen MR) is 116 cm³/mol. The second kappa shape index (κ2) is 8.45. The van der Waals surface area contributed by atoms with Crippen molar-refractivity contribution in [3.63, 3.8) is 0 Å². The third-order valence-corrected chi connectivity index (χ3v) is 9.01. The molecule has 0 radical (unpaired) electrons. The minimum Gasteiger partial charge on any atom is -0.281 e. The van der Waals surface area contributed by atoms with Crippen molar-refractivity contribution in [1.29, 1.82) is 0 Å². The van der Waals surface area contributed by atoms with E-state index in [2.05, 4.69) is 10.00 Å². The normalized spacial score (nSPS) is 23.6. The standard InChI is InChI=1S/C20H31N5O2S2/c1-3-23(4-2)29(26,27)17-11-12-19-21-25(20(28)24(19)14-17)15-22-13-7-9-16-8-5-6-10-18(16)22/h11-12,14,16,18H,3-10,13,15H2,1-2H3. The molecule has 160 valence electrons. The number of piperidine rings is 1. The molecular formula is C20H31N5O2S2. The van der Waals surface area contributed by atoms with Crippen LogP contribution in [0.2, 0.25) is 0 Å². The van der Waals surface area contributed by atoms with E-state index in [4.69, 9.17) is 12.2 Å². The number of hydrogen-bond donors (Lipinski definition) is 0. The average Bonchev–Trinajstić information content (AvgIpc) is 3.04. The van der Waals surface area contributed by atoms with Crippen molar-refractivity contribution in [2.75, 3.05) is 19.6 Å². The second-order valence-electron chi connectivity index (χ2n) is 8.17. The van der Waals surface area contributed by atoms with Crippen molar-refractivity contribution < 1.29 is 8.42 Å². The van der Waals surface area contributed by atoms with Gasteiger partial charge in [-0.2, -0.15) is 9.40 Å². The van der Waals surface area contributed by atoms with Gasteiger partial charge in [-0.15, -0.1) is 0 Å². The zero-order valence-electron chi connectivity index (χ0n) is 17.3. The summed E-state index contributed by atoms with van der Waals surface area (Å²) < 4.78 is 31.3. The quantitative estimate of drug-likeness (QED) is 0.647. The van der Waals surface area contributed by atoms with Gasteiger partial charge in [-0.3, -0.25) is 9.30 Å². The molecule has 3 heterocycles. The number of nitrogens with zero attached hydrogens (tertiary/aromatic N) is 5. The Morgan fingerprint density at radius 1 is 1.14 bits per heavy atom. The van der Waals surface area contributed by atoms with E-state index < -0.39 is 10.0 Å². The van der Waals surface area contributed by atoms with E-state index in [1.165, 1.54) is 42.8 Å². The third kappa shape index (κ3) is 3.89. The lowest BCUT2D eigenvalue weighted by molar-refractivity contribution is 0.0325. The Bertz CT molecular complexity index is 1020. The van der Waals surface area contributed by atoms with Gasteiger partial charge in [0.15, 0.2) is 5.65 Å². The molecule has 2 aliphatic rings. The van der Waals surface area contributed by atoms with Crippen LogP contribution in [0.4, 0.5) is 0 Å². The first-order valence-electron chi connectivity index (χ1n) is 10.8. The highest BCUT2D eigenvalue weighted by Crippen LogP contribution is 2.35. The van der Waals surface area contributed by atoms with Gasteiger partial charge in [0.1, 0.15) is 0 Å². The number of sulfonamides is 1. The number of aromatic nitrogens is 3. The summed E-state index contributed by atoms with van der Waals surface area (Å²) in [4.78, 5) is 2.79. The molecule has 2 fully saturated rings. The molecule has 0 bridgehead atoms. The average molecular weight is 438 g/mol. The van der Waals surface area contributed by atoms with Crippen molar-refractivity contribution >= 4 is 27.9 Å². The molecule has 4 rings (SSSR count). The zero-order valence-corrected chi connectivity index (χ0v) is 19.0. The van der Waals surface area contributed by atoms with Crippen molar-refractivity contribution in [2.24, 2.45) is 5.92 Å². The van der Waals surface area contributed by atoms with Gasteiger partial charge >= 0.3 is 0 Å². The van der Waals surface area contributed by atoms with Gasteiger partial charge in [0.05, 0.1) is 11.6 Å². The molecule has 2 unspecified atom stereocenters. The molecule has 2 atom stereocenters. The Balaban J connectivity index is 1.64. The molecule has 1 saturated carbocycles. The maximum atomic E-state index is 12.9. The summed E-state index contributed by atoms with van der Waals surface area (Å²) in [6.07, 6.45) is 9.45. The highest BCUT2D eigenvalue weighted by atomic mass is 32.2. The molecule has 0 N–H and O–H groups in total. The van der Waals surface area contributed by atoms with Crippen LogP contribution in [0, 0.1) is 10.7 Å². The lowest BCUT2D eigenvalue weighted by Crippen LogP contribution is -2.47. The van der Waals surface area contributed by atoms with Gasteiger partial charge in [-0.25, -0.2) is 13.1 Å². The van der Waals surface area contributed by atoms with Crippen LogP contribution in [0.5, 0.6) is 0 Å². The number of hydrogen-bond acceptors (Lipinski definition) is 5. The van der Waals surface area contributed by atoms with Gasteiger partial charge in [0.2, 0.25) is 14.8 Å². The van der Waals surface area contributed by atoms with Crippen LogP contribution in [0.15, 0.2) is 23.2 Å². The Morgan fingerprint density at radius 3 is 2.62 bits per heavy atom. The molecule has 29 heavy (non-hydrogen) atoms. The fourth-order valence-electron chi connectivity index (χ4n) is 5.03. The Hall–Kier alpha value is -1.29. The Labute approximate surface area is 178 Å². The molecule has 0 spiro atoms. The summed E-state index contributed by atoms with van der Waals surface area (Å²) >= 11 is 5.68. The van der Waals surface area contributed by atoms with Crippen LogP contribution >= 0.6 is 12.2 Å². The molecule has 2 aromatic rings. The summed E-state index contributed by atoms with van der Waals surface area (Å²) in [5, 5.41) is 4.68. The summed E-state index contributed by atoms with van der Waals surface area (Å²) in [5.41, 5.74) is 0.686. The van der Waals surface area contributed by atoms with E-state index in [0.717, 1.165) is 12.5 Å². The molecular weight excluding hydrogens is 406 g/mol. The van der Waals surface area contributed by atoms with E-state index in [0.29, 0.717) is 36.2 Å². The first-order chi connectivity index (χ1) is 14.0. The first kappa shape index (κ1) is 21.0. The molecule has 1 saturated heterocycles. The number of pyridine rings is 1. The number of rotatable bonds is 6. The first-order valence-corrected chi connectivity index (χ1v) is 12.6. The smallest absolute Gasteiger partial charge is 0.244 e. The minimum absolute atomic E-state index is 0.259. The lowest BCUT2D eigenvalue weighted by atomic mass is 9.78. The molecule has 0 aromatic carbocycles. The summed E-state index contributed by atoms with van der Waals surface area (Å²) in [6, 6.07) is 4.01. The van der Waals surface area contributed by atoms with Gasteiger partial charge in [-0.1, -0.05) is 26.7 Å². The van der Waals surface area contributed by atoms with Crippen molar-refractivity contribution in [3.05, 3.63) is 23.1 Å². The van der Waals surface area contributed by atoms with Crippen LogP contribution in [-0.2, 0) is 16.7 Å². The van der Waals surface area contributed by atoms with Crippen LogP contribution in [0.25, 0.3) is 5.65 Å². The van der Waals surface area contributed by atoms with Crippen LogP contribution in [0.3, 0.4) is 0 Å². The molecule has 0 amide bonds. The summed E-state index contributed by atoms with van der Waals surface area (Å²) in [7, 11) is -3.52. The van der Waals surface area contributed by atoms with Crippen molar-refractivity contribution in [3.8, 4) is 0 Å². The van der Waals surface area contributed by atoms with Crippen LogP contribution < -0.4 is 0 Å². The maximum Gasteiger partial charge on any atom is 0.244 e. The highest BCUT2D eigenvalue weighted by molar-refractivity contribution is 7.89. The number of fused-ring (bicyclic) bond motifs is 2. The van der Waals surface area contributed by atoms with Gasteiger partial charge < -0.3 is 0 Å². The topological polar surface area (TPSA) is 62.9 Å². The SMILES string of the molecule is CCN(CC)S(=O)(=O)c1ccc2nn(CN3CCCC4CCCCC43)c(=S)n2c1. The highest BCUT2D eigenvalue weighted by Gasteiger charge is 2.33. The summed E-state index contributed by atoms with van der Waals surface area (Å²) in [6.45, 7) is 6.34. The summed E-state index contributed by atoms with van der Waals surface area (Å²) in [5.74, 6) is 0.800. The van der Waals surface area contributed by atoms with Gasteiger partial charge in [0.25, 0.3) is 0 Å². The van der Waals surface area contributed by atoms with Crippen molar-refractivity contribution in [2.45, 2.75) is 70.0 Å². The van der Waals surface area contributed by atoms with E-state index in [1.807, 2.05) is 18.5 Å². The van der Waals surface area contributed by atoms with Crippen LogP contribution in [0.1, 0.15) is 52.4 Å². The minimum atomic E-state index is -3.52. The predicted octanol–water partition coefficient (Wildman–Crippen LogP) is 3.51. The molecule has 7 nitrogen and oxygen atoms in total. The Morgan fingerprint density at radius 2 is 1.86 bits per heavy atom.